The van der Waals surface area contributed by atoms with Crippen molar-refractivity contribution < 1.29 is 9.53 Å². The van der Waals surface area contributed by atoms with E-state index in [1.807, 2.05) is 0 Å². The summed E-state index contributed by atoms with van der Waals surface area (Å²) >= 11 is 0. The molecule has 0 spiro atoms. The highest BCUT2D eigenvalue weighted by Gasteiger charge is 2.21. The number of likely N-dealkylation sites (tertiary alicyclic amines) is 1. The lowest BCUT2D eigenvalue weighted by Crippen LogP contribution is -2.45. The molecule has 0 saturated carbocycles. The first-order valence-corrected chi connectivity index (χ1v) is 6.14. The van der Waals surface area contributed by atoms with Gasteiger partial charge in [-0.3, -0.25) is 4.79 Å². The standard InChI is InChI=1S/C12H24N2O2/c1-10-9-11(6-8-14(10)2)13-7-4-5-12(15)16-3/h10-11,13H,4-9H2,1-3H3. The minimum absolute atomic E-state index is 0.112. The summed E-state index contributed by atoms with van der Waals surface area (Å²) in [5.41, 5.74) is 0. The summed E-state index contributed by atoms with van der Waals surface area (Å²) in [6.07, 6.45) is 3.80. The molecule has 0 bridgehead atoms. The van der Waals surface area contributed by atoms with Crippen LogP contribution in [0.5, 0.6) is 0 Å². The van der Waals surface area contributed by atoms with E-state index in [4.69, 9.17) is 0 Å². The number of hydrogen-bond donors (Lipinski definition) is 1. The smallest absolute Gasteiger partial charge is 0.305 e. The minimum Gasteiger partial charge on any atom is -0.469 e. The monoisotopic (exact) mass is 228 g/mol. The summed E-state index contributed by atoms with van der Waals surface area (Å²) in [5, 5.41) is 3.52. The van der Waals surface area contributed by atoms with Crippen LogP contribution in [0, 0.1) is 0 Å². The Hall–Kier alpha value is -0.610. The summed E-state index contributed by atoms with van der Waals surface area (Å²) in [5.74, 6) is -0.112. The van der Waals surface area contributed by atoms with Crippen molar-refractivity contribution in [2.24, 2.45) is 0 Å². The van der Waals surface area contributed by atoms with Crippen LogP contribution >= 0.6 is 0 Å². The maximum Gasteiger partial charge on any atom is 0.305 e. The second-order valence-corrected chi connectivity index (χ2v) is 4.68. The first-order chi connectivity index (χ1) is 7.63. The van der Waals surface area contributed by atoms with Gasteiger partial charge in [0.2, 0.25) is 0 Å². The normalized spacial score (nSPS) is 26.7. The van der Waals surface area contributed by atoms with Gasteiger partial charge in [0.05, 0.1) is 7.11 Å². The Balaban J connectivity index is 2.07. The van der Waals surface area contributed by atoms with Crippen molar-refractivity contribution in [3.05, 3.63) is 0 Å². The largest absolute Gasteiger partial charge is 0.469 e. The van der Waals surface area contributed by atoms with E-state index in [9.17, 15) is 4.79 Å². The van der Waals surface area contributed by atoms with Gasteiger partial charge in [0.15, 0.2) is 0 Å². The van der Waals surface area contributed by atoms with E-state index in [1.54, 1.807) is 0 Å². The van der Waals surface area contributed by atoms with Crippen LogP contribution in [0.15, 0.2) is 0 Å². The Morgan fingerprint density at radius 1 is 1.56 bits per heavy atom. The van der Waals surface area contributed by atoms with Gasteiger partial charge in [0.1, 0.15) is 0 Å². The van der Waals surface area contributed by atoms with Gasteiger partial charge in [-0.2, -0.15) is 0 Å². The number of esters is 1. The van der Waals surface area contributed by atoms with E-state index in [-0.39, 0.29) is 5.97 Å². The highest BCUT2D eigenvalue weighted by atomic mass is 16.5. The molecule has 1 fully saturated rings. The summed E-state index contributed by atoms with van der Waals surface area (Å²) in [6.45, 7) is 4.34. The van der Waals surface area contributed by atoms with Crippen LogP contribution in [-0.2, 0) is 9.53 Å². The van der Waals surface area contributed by atoms with Crippen molar-refractivity contribution in [3.63, 3.8) is 0 Å². The lowest BCUT2D eigenvalue weighted by atomic mass is 9.99. The molecule has 0 aromatic rings. The molecule has 4 nitrogen and oxygen atoms in total. The number of carbonyl (C=O) groups excluding carboxylic acids is 1. The first-order valence-electron chi connectivity index (χ1n) is 6.14. The molecular weight excluding hydrogens is 204 g/mol. The van der Waals surface area contributed by atoms with Crippen LogP contribution in [0.25, 0.3) is 0 Å². The third-order valence-electron chi connectivity index (χ3n) is 3.43. The van der Waals surface area contributed by atoms with Crippen LogP contribution < -0.4 is 5.32 Å². The zero-order chi connectivity index (χ0) is 12.0. The van der Waals surface area contributed by atoms with Crippen molar-refractivity contribution in [2.75, 3.05) is 27.2 Å². The predicted octanol–water partition coefficient (Wildman–Crippen LogP) is 1.01. The zero-order valence-corrected chi connectivity index (χ0v) is 10.7. The molecule has 2 atom stereocenters. The zero-order valence-electron chi connectivity index (χ0n) is 10.7. The molecule has 1 saturated heterocycles. The van der Waals surface area contributed by atoms with Gasteiger partial charge in [-0.25, -0.2) is 0 Å². The molecule has 0 radical (unpaired) electrons. The molecule has 0 aliphatic carbocycles. The summed E-state index contributed by atoms with van der Waals surface area (Å²) < 4.78 is 4.60. The van der Waals surface area contributed by atoms with Gasteiger partial charge < -0.3 is 15.0 Å². The molecule has 2 unspecified atom stereocenters. The fourth-order valence-corrected chi connectivity index (χ4v) is 2.12. The third kappa shape index (κ3) is 4.49. The SMILES string of the molecule is COC(=O)CCCNC1CCN(C)C(C)C1. The van der Waals surface area contributed by atoms with Crippen LogP contribution in [0.1, 0.15) is 32.6 Å². The summed E-state index contributed by atoms with van der Waals surface area (Å²) in [4.78, 5) is 13.3. The molecule has 0 aromatic heterocycles. The Bertz CT molecular complexity index is 221. The third-order valence-corrected chi connectivity index (χ3v) is 3.43. The van der Waals surface area contributed by atoms with Crippen LogP contribution in [0.4, 0.5) is 0 Å². The van der Waals surface area contributed by atoms with E-state index >= 15 is 0 Å². The van der Waals surface area contributed by atoms with Crippen molar-refractivity contribution in [2.45, 2.75) is 44.7 Å². The number of methoxy groups -OCH3 is 1. The number of hydrogen-bond acceptors (Lipinski definition) is 4. The number of piperidine rings is 1. The van der Waals surface area contributed by atoms with Crippen molar-refractivity contribution in [3.8, 4) is 0 Å². The fraction of sp³-hybridized carbons (Fsp3) is 0.917. The predicted molar refractivity (Wildman–Crippen MR) is 64.4 cm³/mol. The Kier molecular flexibility index (Phi) is 5.77. The van der Waals surface area contributed by atoms with Crippen LogP contribution in [0.2, 0.25) is 0 Å². The maximum absolute atomic E-state index is 10.9. The van der Waals surface area contributed by atoms with Gasteiger partial charge in [-0.15, -0.1) is 0 Å². The van der Waals surface area contributed by atoms with E-state index in [2.05, 4.69) is 28.9 Å². The molecule has 1 rings (SSSR count). The Morgan fingerprint density at radius 2 is 2.31 bits per heavy atom. The molecule has 0 aromatic carbocycles. The molecule has 1 aliphatic rings. The molecule has 16 heavy (non-hydrogen) atoms. The molecule has 0 amide bonds. The Morgan fingerprint density at radius 3 is 2.94 bits per heavy atom. The van der Waals surface area contributed by atoms with Crippen molar-refractivity contribution >= 4 is 5.97 Å². The fourth-order valence-electron chi connectivity index (χ4n) is 2.12. The minimum atomic E-state index is -0.112. The Labute approximate surface area is 98.3 Å². The van der Waals surface area contributed by atoms with Crippen molar-refractivity contribution in [1.29, 1.82) is 0 Å². The van der Waals surface area contributed by atoms with Gasteiger partial charge in [0.25, 0.3) is 0 Å². The van der Waals surface area contributed by atoms with E-state index < -0.39 is 0 Å². The van der Waals surface area contributed by atoms with Crippen molar-refractivity contribution in [1.82, 2.24) is 10.2 Å². The molecule has 4 heteroatoms. The number of rotatable bonds is 5. The van der Waals surface area contributed by atoms with Gasteiger partial charge in [-0.05, 0) is 46.3 Å². The topological polar surface area (TPSA) is 41.6 Å². The van der Waals surface area contributed by atoms with E-state index in [0.717, 1.165) is 19.5 Å². The molecule has 1 N–H and O–H groups in total. The summed E-state index contributed by atoms with van der Waals surface area (Å²) in [6, 6.07) is 1.27. The number of nitrogens with zero attached hydrogens (tertiary/aromatic N) is 1. The second kappa shape index (κ2) is 6.86. The van der Waals surface area contributed by atoms with Gasteiger partial charge in [-0.1, -0.05) is 0 Å². The molecule has 1 aliphatic heterocycles. The number of ether oxygens (including phenoxy) is 1. The lowest BCUT2D eigenvalue weighted by Gasteiger charge is -2.35. The number of nitrogens with one attached hydrogen (secondary N) is 1. The lowest BCUT2D eigenvalue weighted by molar-refractivity contribution is -0.140. The number of carbonyl (C=O) groups is 1. The van der Waals surface area contributed by atoms with E-state index in [0.29, 0.717) is 18.5 Å². The average molecular weight is 228 g/mol. The molecule has 1 heterocycles. The van der Waals surface area contributed by atoms with Gasteiger partial charge in [0, 0.05) is 18.5 Å². The maximum atomic E-state index is 10.9. The first kappa shape index (κ1) is 13.5. The quantitative estimate of drug-likeness (QED) is 0.563. The highest BCUT2D eigenvalue weighted by Crippen LogP contribution is 2.15. The van der Waals surface area contributed by atoms with Gasteiger partial charge >= 0.3 is 5.97 Å². The summed E-state index contributed by atoms with van der Waals surface area (Å²) in [7, 11) is 3.62. The molecule has 94 valence electrons. The van der Waals surface area contributed by atoms with E-state index in [1.165, 1.54) is 20.0 Å². The average Bonchev–Trinajstić information content (AvgIpc) is 2.28. The van der Waals surface area contributed by atoms with Crippen LogP contribution in [-0.4, -0.2) is 50.2 Å². The van der Waals surface area contributed by atoms with Crippen LogP contribution in [0.3, 0.4) is 0 Å². The second-order valence-electron chi connectivity index (χ2n) is 4.68. The highest BCUT2D eigenvalue weighted by molar-refractivity contribution is 5.69. The molecular formula is C12H24N2O2.